The number of aryl methyl sites for hydroxylation is 1. The summed E-state index contributed by atoms with van der Waals surface area (Å²) in [6.07, 6.45) is 0.738. The Morgan fingerprint density at radius 3 is 2.59 bits per heavy atom. The molecular formula is C22H24N4O3. The van der Waals surface area contributed by atoms with E-state index < -0.39 is 0 Å². The van der Waals surface area contributed by atoms with Crippen molar-refractivity contribution in [1.82, 2.24) is 15.3 Å². The average Bonchev–Trinajstić information content (AvgIpc) is 2.73. The van der Waals surface area contributed by atoms with Gasteiger partial charge in [0.05, 0.1) is 5.69 Å². The average molecular weight is 392 g/mol. The van der Waals surface area contributed by atoms with Gasteiger partial charge in [0, 0.05) is 26.0 Å². The van der Waals surface area contributed by atoms with Crippen LogP contribution in [0.15, 0.2) is 60.7 Å². The SMILES string of the molecule is COCCCNC(=O)c1cc(C)nc(Nc2ccccc2Oc2ccccc2)n1. The second kappa shape index (κ2) is 10.2. The molecule has 0 aliphatic rings. The van der Waals surface area contributed by atoms with Gasteiger partial charge in [-0.15, -0.1) is 0 Å². The molecule has 0 radical (unpaired) electrons. The first kappa shape index (κ1) is 20.3. The summed E-state index contributed by atoms with van der Waals surface area (Å²) in [5.41, 5.74) is 1.69. The predicted molar refractivity (Wildman–Crippen MR) is 112 cm³/mol. The molecule has 0 unspecified atom stereocenters. The minimum atomic E-state index is -0.247. The maximum atomic E-state index is 12.4. The number of para-hydroxylation sites is 3. The van der Waals surface area contributed by atoms with Gasteiger partial charge in [0.2, 0.25) is 5.95 Å². The van der Waals surface area contributed by atoms with Crippen LogP contribution in [0.4, 0.5) is 11.6 Å². The Labute approximate surface area is 170 Å². The molecule has 0 saturated heterocycles. The highest BCUT2D eigenvalue weighted by Crippen LogP contribution is 2.30. The molecule has 0 spiro atoms. The van der Waals surface area contributed by atoms with E-state index in [1.807, 2.05) is 61.5 Å². The number of ether oxygens (including phenoxy) is 2. The van der Waals surface area contributed by atoms with Crippen LogP contribution in [0.1, 0.15) is 22.6 Å². The number of benzene rings is 2. The molecule has 1 heterocycles. The van der Waals surface area contributed by atoms with Gasteiger partial charge in [0.15, 0.2) is 5.75 Å². The quantitative estimate of drug-likeness (QED) is 0.534. The molecule has 2 aromatic carbocycles. The second-order valence-corrected chi connectivity index (χ2v) is 6.36. The van der Waals surface area contributed by atoms with Crippen LogP contribution in [0.5, 0.6) is 11.5 Å². The third-order valence-electron chi connectivity index (χ3n) is 4.00. The Morgan fingerprint density at radius 1 is 1.03 bits per heavy atom. The molecule has 0 aliphatic heterocycles. The fraction of sp³-hybridized carbons (Fsp3) is 0.227. The van der Waals surface area contributed by atoms with Crippen LogP contribution in [-0.2, 0) is 4.74 Å². The van der Waals surface area contributed by atoms with Gasteiger partial charge in [-0.25, -0.2) is 9.97 Å². The lowest BCUT2D eigenvalue weighted by Gasteiger charge is -2.13. The van der Waals surface area contributed by atoms with Gasteiger partial charge in [0.25, 0.3) is 5.91 Å². The zero-order valence-corrected chi connectivity index (χ0v) is 16.5. The van der Waals surface area contributed by atoms with E-state index in [0.29, 0.717) is 41.9 Å². The van der Waals surface area contributed by atoms with Gasteiger partial charge in [-0.2, -0.15) is 0 Å². The number of carbonyl (C=O) groups is 1. The number of aromatic nitrogens is 2. The Bertz CT molecular complexity index is 948. The summed E-state index contributed by atoms with van der Waals surface area (Å²) in [5, 5.41) is 5.99. The molecule has 0 atom stereocenters. The third kappa shape index (κ3) is 6.02. The minimum absolute atomic E-state index is 0.247. The summed E-state index contributed by atoms with van der Waals surface area (Å²) < 4.78 is 10.9. The third-order valence-corrected chi connectivity index (χ3v) is 4.00. The number of hydrogen-bond donors (Lipinski definition) is 2. The Morgan fingerprint density at radius 2 is 1.79 bits per heavy atom. The molecule has 7 heteroatoms. The molecule has 0 bridgehead atoms. The first-order chi connectivity index (χ1) is 14.2. The molecule has 3 rings (SSSR count). The number of methoxy groups -OCH3 is 1. The summed E-state index contributed by atoms with van der Waals surface area (Å²) in [6.45, 7) is 2.93. The number of rotatable bonds is 9. The molecule has 150 valence electrons. The highest BCUT2D eigenvalue weighted by atomic mass is 16.5. The Hall–Kier alpha value is -3.45. The number of nitrogens with zero attached hydrogens (tertiary/aromatic N) is 2. The van der Waals surface area contributed by atoms with Gasteiger partial charge in [-0.05, 0) is 43.7 Å². The van der Waals surface area contributed by atoms with Crippen molar-refractivity contribution in [3.8, 4) is 11.5 Å². The van der Waals surface area contributed by atoms with Gasteiger partial charge >= 0.3 is 0 Å². The molecule has 3 aromatic rings. The lowest BCUT2D eigenvalue weighted by Crippen LogP contribution is -2.26. The summed E-state index contributed by atoms with van der Waals surface area (Å²) >= 11 is 0. The van der Waals surface area contributed by atoms with E-state index in [1.54, 1.807) is 13.2 Å². The minimum Gasteiger partial charge on any atom is -0.455 e. The van der Waals surface area contributed by atoms with Crippen LogP contribution >= 0.6 is 0 Å². The number of nitrogens with one attached hydrogen (secondary N) is 2. The predicted octanol–water partition coefficient (Wildman–Crippen LogP) is 4.09. The zero-order valence-electron chi connectivity index (χ0n) is 16.5. The van der Waals surface area contributed by atoms with Crippen molar-refractivity contribution in [3.05, 3.63) is 72.1 Å². The van der Waals surface area contributed by atoms with E-state index in [1.165, 1.54) is 0 Å². The van der Waals surface area contributed by atoms with Crippen molar-refractivity contribution in [1.29, 1.82) is 0 Å². The molecule has 1 aromatic heterocycles. The van der Waals surface area contributed by atoms with Crippen LogP contribution < -0.4 is 15.4 Å². The van der Waals surface area contributed by atoms with E-state index in [-0.39, 0.29) is 5.91 Å². The smallest absolute Gasteiger partial charge is 0.270 e. The van der Waals surface area contributed by atoms with Gasteiger partial charge in [-0.1, -0.05) is 30.3 Å². The van der Waals surface area contributed by atoms with Crippen LogP contribution in [0.25, 0.3) is 0 Å². The highest BCUT2D eigenvalue weighted by molar-refractivity contribution is 5.92. The van der Waals surface area contributed by atoms with Crippen molar-refractivity contribution < 1.29 is 14.3 Å². The monoisotopic (exact) mass is 392 g/mol. The van der Waals surface area contributed by atoms with Crippen molar-refractivity contribution in [2.24, 2.45) is 0 Å². The number of anilines is 2. The number of carbonyl (C=O) groups excluding carboxylic acids is 1. The van der Waals surface area contributed by atoms with Crippen LogP contribution in [0.2, 0.25) is 0 Å². The molecule has 0 saturated carbocycles. The summed E-state index contributed by atoms with van der Waals surface area (Å²) in [5.74, 6) is 1.44. The highest BCUT2D eigenvalue weighted by Gasteiger charge is 2.12. The molecule has 29 heavy (non-hydrogen) atoms. The van der Waals surface area contributed by atoms with E-state index in [2.05, 4.69) is 20.6 Å². The van der Waals surface area contributed by atoms with Crippen LogP contribution in [0, 0.1) is 6.92 Å². The zero-order chi connectivity index (χ0) is 20.5. The van der Waals surface area contributed by atoms with E-state index in [9.17, 15) is 4.79 Å². The number of amides is 1. The normalized spacial score (nSPS) is 10.4. The fourth-order valence-corrected chi connectivity index (χ4v) is 2.64. The summed E-state index contributed by atoms with van der Waals surface area (Å²) in [6, 6.07) is 18.7. The van der Waals surface area contributed by atoms with E-state index in [0.717, 1.165) is 12.2 Å². The molecule has 0 aliphatic carbocycles. The Kier molecular flexibility index (Phi) is 7.13. The molecular weight excluding hydrogens is 368 g/mol. The topological polar surface area (TPSA) is 85.4 Å². The summed E-state index contributed by atoms with van der Waals surface area (Å²) in [4.78, 5) is 21.1. The molecule has 2 N–H and O–H groups in total. The lowest BCUT2D eigenvalue weighted by molar-refractivity contribution is 0.0943. The molecule has 7 nitrogen and oxygen atoms in total. The van der Waals surface area contributed by atoms with Crippen molar-refractivity contribution in [3.63, 3.8) is 0 Å². The van der Waals surface area contributed by atoms with Crippen LogP contribution in [-0.4, -0.2) is 36.1 Å². The molecule has 0 fully saturated rings. The maximum absolute atomic E-state index is 12.4. The van der Waals surface area contributed by atoms with Crippen molar-refractivity contribution in [2.45, 2.75) is 13.3 Å². The molecule has 1 amide bonds. The van der Waals surface area contributed by atoms with Crippen molar-refractivity contribution in [2.75, 3.05) is 25.6 Å². The van der Waals surface area contributed by atoms with Crippen LogP contribution in [0.3, 0.4) is 0 Å². The first-order valence-corrected chi connectivity index (χ1v) is 9.37. The summed E-state index contributed by atoms with van der Waals surface area (Å²) in [7, 11) is 1.63. The first-order valence-electron chi connectivity index (χ1n) is 9.37. The van der Waals surface area contributed by atoms with E-state index >= 15 is 0 Å². The second-order valence-electron chi connectivity index (χ2n) is 6.36. The lowest BCUT2D eigenvalue weighted by atomic mass is 10.3. The van der Waals surface area contributed by atoms with Crippen molar-refractivity contribution >= 4 is 17.5 Å². The largest absolute Gasteiger partial charge is 0.455 e. The standard InChI is InChI=1S/C22H24N4O3/c1-16-15-19(21(27)23-13-8-14-28-2)26-22(24-16)25-18-11-6-7-12-20(18)29-17-9-4-3-5-10-17/h3-7,9-12,15H,8,13-14H2,1-2H3,(H,23,27)(H,24,25,26). The Balaban J connectivity index is 1.75. The fourth-order valence-electron chi connectivity index (χ4n) is 2.64. The van der Waals surface area contributed by atoms with Gasteiger partial charge in [0.1, 0.15) is 11.4 Å². The van der Waals surface area contributed by atoms with E-state index in [4.69, 9.17) is 9.47 Å². The van der Waals surface area contributed by atoms with Gasteiger partial charge in [-0.3, -0.25) is 4.79 Å². The maximum Gasteiger partial charge on any atom is 0.270 e. The number of hydrogen-bond acceptors (Lipinski definition) is 6. The van der Waals surface area contributed by atoms with Gasteiger partial charge < -0.3 is 20.1 Å².